The Hall–Kier alpha value is -3.69. The lowest BCUT2D eigenvalue weighted by molar-refractivity contribution is 0.0512. The maximum Gasteiger partial charge on any atom is 0.295 e. The molecule has 10 heteroatoms. The number of nitrogens with zero attached hydrogens (tertiary/aromatic N) is 6. The highest BCUT2D eigenvalue weighted by molar-refractivity contribution is 5.92. The second-order valence-electron chi connectivity index (χ2n) is 6.16. The van der Waals surface area contributed by atoms with Crippen molar-refractivity contribution in [2.24, 2.45) is 0 Å². The number of furan rings is 1. The number of tetrazole rings is 1. The molecule has 10 nitrogen and oxygen atoms in total. The number of carbonyl (C=O) groups is 2. The molecule has 1 fully saturated rings. The third kappa shape index (κ3) is 3.43. The highest BCUT2D eigenvalue weighted by Gasteiger charge is 2.28. The number of ether oxygens (including phenoxy) is 1. The minimum absolute atomic E-state index is 0.0154. The summed E-state index contributed by atoms with van der Waals surface area (Å²) < 4.78 is 10.3. The quantitative estimate of drug-likeness (QED) is 0.659. The van der Waals surface area contributed by atoms with Gasteiger partial charge < -0.3 is 19.0 Å². The monoisotopic (exact) mass is 382 g/mol. The van der Waals surface area contributed by atoms with Crippen molar-refractivity contribution >= 4 is 11.8 Å². The summed E-state index contributed by atoms with van der Waals surface area (Å²) in [6.45, 7) is 1.61. The van der Waals surface area contributed by atoms with Gasteiger partial charge in [0.1, 0.15) is 5.75 Å². The van der Waals surface area contributed by atoms with Gasteiger partial charge in [0, 0.05) is 26.2 Å². The molecule has 3 aromatic rings. The molecule has 2 aromatic heterocycles. The van der Waals surface area contributed by atoms with E-state index in [9.17, 15) is 9.59 Å². The van der Waals surface area contributed by atoms with Crippen LogP contribution in [-0.4, -0.2) is 75.1 Å². The van der Waals surface area contributed by atoms with Gasteiger partial charge in [0.05, 0.1) is 19.1 Å². The minimum atomic E-state index is -0.315. The summed E-state index contributed by atoms with van der Waals surface area (Å²) in [6.07, 6.45) is 1.46. The van der Waals surface area contributed by atoms with Gasteiger partial charge in [-0.25, -0.2) is 0 Å². The normalized spacial score (nSPS) is 14.2. The molecule has 1 aromatic carbocycles. The van der Waals surface area contributed by atoms with Gasteiger partial charge in [-0.3, -0.25) is 9.59 Å². The molecule has 28 heavy (non-hydrogen) atoms. The molecule has 3 heterocycles. The predicted octanol–water partition coefficient (Wildman–Crippen LogP) is 0.862. The first-order valence-corrected chi connectivity index (χ1v) is 8.72. The Morgan fingerprint density at radius 2 is 1.68 bits per heavy atom. The smallest absolute Gasteiger partial charge is 0.295 e. The molecule has 2 amide bonds. The van der Waals surface area contributed by atoms with E-state index in [0.29, 0.717) is 43.4 Å². The number of hydrogen-bond donors (Lipinski definition) is 0. The molecule has 0 aliphatic carbocycles. The number of aromatic nitrogens is 4. The van der Waals surface area contributed by atoms with Crippen LogP contribution in [0.5, 0.6) is 5.75 Å². The predicted molar refractivity (Wildman–Crippen MR) is 96.2 cm³/mol. The lowest BCUT2D eigenvalue weighted by Crippen LogP contribution is -2.50. The van der Waals surface area contributed by atoms with Crippen molar-refractivity contribution in [2.75, 3.05) is 33.3 Å². The van der Waals surface area contributed by atoms with Crippen LogP contribution in [0, 0.1) is 0 Å². The third-order valence-electron chi connectivity index (χ3n) is 4.49. The first-order chi connectivity index (χ1) is 13.7. The van der Waals surface area contributed by atoms with E-state index in [4.69, 9.17) is 9.15 Å². The van der Waals surface area contributed by atoms with E-state index in [-0.39, 0.29) is 17.6 Å². The topological polar surface area (TPSA) is 107 Å². The summed E-state index contributed by atoms with van der Waals surface area (Å²) >= 11 is 0. The zero-order valence-corrected chi connectivity index (χ0v) is 15.2. The van der Waals surface area contributed by atoms with Crippen molar-refractivity contribution in [2.45, 2.75) is 0 Å². The van der Waals surface area contributed by atoms with Gasteiger partial charge >= 0.3 is 0 Å². The highest BCUT2D eigenvalue weighted by Crippen LogP contribution is 2.14. The summed E-state index contributed by atoms with van der Waals surface area (Å²) in [4.78, 5) is 29.5. The van der Waals surface area contributed by atoms with Crippen LogP contribution in [0.4, 0.5) is 0 Å². The Morgan fingerprint density at radius 3 is 2.29 bits per heavy atom. The van der Waals surface area contributed by atoms with E-state index in [0.717, 1.165) is 0 Å². The summed E-state index contributed by atoms with van der Waals surface area (Å²) in [5.74, 6) is 0.526. The fourth-order valence-corrected chi connectivity index (χ4v) is 2.94. The van der Waals surface area contributed by atoms with Crippen LogP contribution in [0.15, 0.2) is 47.1 Å². The lowest BCUT2D eigenvalue weighted by atomic mass is 10.2. The van der Waals surface area contributed by atoms with E-state index in [1.807, 2.05) is 0 Å². The van der Waals surface area contributed by atoms with Crippen LogP contribution in [-0.2, 0) is 0 Å². The van der Waals surface area contributed by atoms with Crippen molar-refractivity contribution in [3.63, 3.8) is 0 Å². The Labute approximate surface area is 160 Å². The fraction of sp³-hybridized carbons (Fsp3) is 0.278. The van der Waals surface area contributed by atoms with Gasteiger partial charge in [0.2, 0.25) is 0 Å². The van der Waals surface area contributed by atoms with Crippen molar-refractivity contribution in [1.29, 1.82) is 0 Å². The number of rotatable bonds is 4. The van der Waals surface area contributed by atoms with E-state index in [2.05, 4.69) is 15.4 Å². The van der Waals surface area contributed by atoms with Crippen molar-refractivity contribution in [1.82, 2.24) is 30.0 Å². The van der Waals surface area contributed by atoms with Gasteiger partial charge in [-0.1, -0.05) is 0 Å². The number of amides is 2. The third-order valence-corrected chi connectivity index (χ3v) is 4.49. The first kappa shape index (κ1) is 17.7. The van der Waals surface area contributed by atoms with Crippen molar-refractivity contribution < 1.29 is 18.7 Å². The van der Waals surface area contributed by atoms with Crippen molar-refractivity contribution in [3.05, 3.63) is 54.2 Å². The maximum atomic E-state index is 12.7. The molecule has 0 unspecified atom stereocenters. The minimum Gasteiger partial charge on any atom is -0.497 e. The average molecular weight is 382 g/mol. The maximum absolute atomic E-state index is 12.7. The first-order valence-electron chi connectivity index (χ1n) is 8.72. The second-order valence-corrected chi connectivity index (χ2v) is 6.16. The van der Waals surface area contributed by atoms with E-state index in [1.54, 1.807) is 53.3 Å². The van der Waals surface area contributed by atoms with Gasteiger partial charge in [0.25, 0.3) is 17.6 Å². The molecule has 0 atom stereocenters. The van der Waals surface area contributed by atoms with Crippen LogP contribution in [0.2, 0.25) is 0 Å². The van der Waals surface area contributed by atoms with E-state index >= 15 is 0 Å². The number of benzene rings is 1. The van der Waals surface area contributed by atoms with Gasteiger partial charge in [-0.15, -0.1) is 15.0 Å². The second kappa shape index (κ2) is 7.51. The molecule has 0 radical (unpaired) electrons. The van der Waals surface area contributed by atoms with E-state index in [1.165, 1.54) is 11.1 Å². The Morgan fingerprint density at radius 1 is 1.00 bits per heavy atom. The van der Waals surface area contributed by atoms with Gasteiger partial charge in [-0.2, -0.15) is 0 Å². The molecule has 0 spiro atoms. The van der Waals surface area contributed by atoms with Crippen LogP contribution >= 0.6 is 0 Å². The number of carbonyl (C=O) groups excluding carboxylic acids is 2. The summed E-state index contributed by atoms with van der Waals surface area (Å²) in [5.41, 5.74) is 0.668. The number of methoxy groups -OCH3 is 1. The lowest BCUT2D eigenvalue weighted by Gasteiger charge is -2.33. The largest absolute Gasteiger partial charge is 0.497 e. The molecule has 144 valence electrons. The van der Waals surface area contributed by atoms with E-state index < -0.39 is 0 Å². The van der Waals surface area contributed by atoms with Crippen LogP contribution in [0.25, 0.3) is 5.69 Å². The average Bonchev–Trinajstić information content (AvgIpc) is 3.45. The summed E-state index contributed by atoms with van der Waals surface area (Å²) in [6, 6.07) is 10.4. The highest BCUT2D eigenvalue weighted by atomic mass is 16.5. The molecular weight excluding hydrogens is 364 g/mol. The van der Waals surface area contributed by atoms with Crippen LogP contribution in [0.3, 0.4) is 0 Å². The van der Waals surface area contributed by atoms with Gasteiger partial charge in [0.15, 0.2) is 5.76 Å². The summed E-state index contributed by atoms with van der Waals surface area (Å²) in [7, 11) is 1.58. The standard InChI is InChI=1S/C18H18N6O4/c1-27-14-6-4-13(5-7-14)24-20-16(19-21-24)18(26)23-10-8-22(9-11-23)17(25)15-3-2-12-28-15/h2-7,12H,8-11H2,1H3. The SMILES string of the molecule is COc1ccc(-n2nnc(C(=O)N3CCN(C(=O)c4ccco4)CC3)n2)cc1. The number of hydrogen-bond acceptors (Lipinski definition) is 7. The Kier molecular flexibility index (Phi) is 4.75. The Balaban J connectivity index is 1.39. The molecule has 0 bridgehead atoms. The molecule has 4 rings (SSSR count). The molecule has 1 aliphatic heterocycles. The van der Waals surface area contributed by atoms with Gasteiger partial charge in [-0.05, 0) is 41.6 Å². The molecule has 1 aliphatic rings. The van der Waals surface area contributed by atoms with Crippen molar-refractivity contribution in [3.8, 4) is 11.4 Å². The van der Waals surface area contributed by atoms with Crippen LogP contribution < -0.4 is 4.74 Å². The fourth-order valence-electron chi connectivity index (χ4n) is 2.94. The summed E-state index contributed by atoms with van der Waals surface area (Å²) in [5, 5.41) is 12.0. The zero-order valence-electron chi connectivity index (χ0n) is 15.2. The zero-order chi connectivity index (χ0) is 19.5. The Bertz CT molecular complexity index is 958. The van der Waals surface area contributed by atoms with Crippen LogP contribution in [0.1, 0.15) is 21.2 Å². The molecule has 0 saturated carbocycles. The molecule has 1 saturated heterocycles. The number of piperazine rings is 1. The molecular formula is C18H18N6O4. The molecule has 0 N–H and O–H groups in total.